The Bertz CT molecular complexity index is 447. The van der Waals surface area contributed by atoms with E-state index >= 15 is 0 Å². The highest BCUT2D eigenvalue weighted by atomic mass is 16.2. The number of carbonyl (C=O) groups is 2. The molecule has 1 aliphatic rings. The Morgan fingerprint density at radius 2 is 2.47 bits per heavy atom. The SMILES string of the molecule is CNCCC(=O)N1CC(=O)Nc2cnccc21. The van der Waals surface area contributed by atoms with Crippen LogP contribution in [0.5, 0.6) is 0 Å². The lowest BCUT2D eigenvalue weighted by molar-refractivity contribution is -0.121. The Kier molecular flexibility index (Phi) is 3.34. The second-order valence-corrected chi connectivity index (χ2v) is 3.77. The fourth-order valence-electron chi connectivity index (χ4n) is 1.73. The van der Waals surface area contributed by atoms with Crippen LogP contribution in [0.3, 0.4) is 0 Å². The molecule has 0 atom stereocenters. The maximum atomic E-state index is 12.0. The summed E-state index contributed by atoms with van der Waals surface area (Å²) in [5.74, 6) is -0.259. The van der Waals surface area contributed by atoms with Crippen molar-refractivity contribution in [1.82, 2.24) is 10.3 Å². The summed E-state index contributed by atoms with van der Waals surface area (Å²) in [5.41, 5.74) is 1.29. The number of pyridine rings is 1. The van der Waals surface area contributed by atoms with Crippen molar-refractivity contribution in [3.05, 3.63) is 18.5 Å². The molecule has 6 heteroatoms. The van der Waals surface area contributed by atoms with Gasteiger partial charge < -0.3 is 15.5 Å². The van der Waals surface area contributed by atoms with Gasteiger partial charge in [-0.2, -0.15) is 0 Å². The molecule has 90 valence electrons. The van der Waals surface area contributed by atoms with E-state index in [1.165, 1.54) is 4.90 Å². The molecule has 6 nitrogen and oxygen atoms in total. The van der Waals surface area contributed by atoms with Crippen molar-refractivity contribution in [3.8, 4) is 0 Å². The molecule has 0 saturated carbocycles. The fourth-order valence-corrected chi connectivity index (χ4v) is 1.73. The highest BCUT2D eigenvalue weighted by Crippen LogP contribution is 2.28. The summed E-state index contributed by atoms with van der Waals surface area (Å²) in [6, 6.07) is 1.73. The summed E-state index contributed by atoms with van der Waals surface area (Å²) in [7, 11) is 1.79. The maximum absolute atomic E-state index is 12.0. The highest BCUT2D eigenvalue weighted by molar-refractivity contribution is 6.09. The molecule has 1 aromatic rings. The molecule has 1 aliphatic heterocycles. The zero-order valence-corrected chi connectivity index (χ0v) is 9.56. The van der Waals surface area contributed by atoms with Gasteiger partial charge in [-0.05, 0) is 13.1 Å². The lowest BCUT2D eigenvalue weighted by Crippen LogP contribution is -2.42. The summed E-state index contributed by atoms with van der Waals surface area (Å²) in [5, 5.41) is 5.60. The Morgan fingerprint density at radius 3 is 3.24 bits per heavy atom. The maximum Gasteiger partial charge on any atom is 0.244 e. The van der Waals surface area contributed by atoms with E-state index in [4.69, 9.17) is 0 Å². The van der Waals surface area contributed by atoms with E-state index in [0.29, 0.717) is 24.3 Å². The quantitative estimate of drug-likeness (QED) is 0.770. The molecular weight excluding hydrogens is 220 g/mol. The van der Waals surface area contributed by atoms with E-state index in [2.05, 4.69) is 15.6 Å². The number of carbonyl (C=O) groups excluding carboxylic acids is 2. The monoisotopic (exact) mass is 234 g/mol. The molecule has 2 N–H and O–H groups in total. The van der Waals surface area contributed by atoms with Crippen molar-refractivity contribution in [2.75, 3.05) is 30.4 Å². The molecule has 2 amide bonds. The van der Waals surface area contributed by atoms with Crippen LogP contribution in [0.1, 0.15) is 6.42 Å². The number of nitrogens with one attached hydrogen (secondary N) is 2. The minimum atomic E-state index is -0.191. The summed E-state index contributed by atoms with van der Waals surface area (Å²) < 4.78 is 0. The average Bonchev–Trinajstić information content (AvgIpc) is 2.34. The number of anilines is 2. The number of hydrogen-bond acceptors (Lipinski definition) is 4. The number of amides is 2. The summed E-state index contributed by atoms with van der Waals surface area (Å²) >= 11 is 0. The van der Waals surface area contributed by atoms with Crippen molar-refractivity contribution in [2.24, 2.45) is 0 Å². The fraction of sp³-hybridized carbons (Fsp3) is 0.364. The molecule has 0 fully saturated rings. The molecule has 0 bridgehead atoms. The van der Waals surface area contributed by atoms with Gasteiger partial charge in [-0.25, -0.2) is 0 Å². The lowest BCUT2D eigenvalue weighted by atomic mass is 10.2. The third-order valence-corrected chi connectivity index (χ3v) is 2.55. The van der Waals surface area contributed by atoms with Gasteiger partial charge in [-0.1, -0.05) is 0 Å². The molecule has 2 rings (SSSR count). The first-order chi connectivity index (χ1) is 8.22. The first-order valence-corrected chi connectivity index (χ1v) is 5.41. The number of fused-ring (bicyclic) bond motifs is 1. The van der Waals surface area contributed by atoms with Crippen molar-refractivity contribution >= 4 is 23.2 Å². The Labute approximate surface area is 99.0 Å². The summed E-state index contributed by atoms with van der Waals surface area (Å²) in [4.78, 5) is 28.8. The van der Waals surface area contributed by atoms with Gasteiger partial charge in [0.15, 0.2) is 0 Å². The number of aromatic nitrogens is 1. The number of rotatable bonds is 3. The van der Waals surface area contributed by atoms with Crippen molar-refractivity contribution in [3.63, 3.8) is 0 Å². The molecular formula is C11H14N4O2. The minimum absolute atomic E-state index is 0.0679. The van der Waals surface area contributed by atoms with Gasteiger partial charge in [0.1, 0.15) is 6.54 Å². The van der Waals surface area contributed by atoms with Crippen LogP contribution in [0.4, 0.5) is 11.4 Å². The second-order valence-electron chi connectivity index (χ2n) is 3.77. The van der Waals surface area contributed by atoms with Crippen molar-refractivity contribution < 1.29 is 9.59 Å². The van der Waals surface area contributed by atoms with E-state index in [9.17, 15) is 9.59 Å². The average molecular weight is 234 g/mol. The smallest absolute Gasteiger partial charge is 0.244 e. The highest BCUT2D eigenvalue weighted by Gasteiger charge is 2.26. The molecule has 0 spiro atoms. The largest absolute Gasteiger partial charge is 0.321 e. The lowest BCUT2D eigenvalue weighted by Gasteiger charge is -2.28. The van der Waals surface area contributed by atoms with Crippen LogP contribution in [0.2, 0.25) is 0 Å². The first-order valence-electron chi connectivity index (χ1n) is 5.41. The molecule has 0 aromatic carbocycles. The van der Waals surface area contributed by atoms with Crippen LogP contribution in [-0.4, -0.2) is 36.9 Å². The van der Waals surface area contributed by atoms with E-state index in [1.807, 2.05) is 0 Å². The molecule has 17 heavy (non-hydrogen) atoms. The van der Waals surface area contributed by atoms with Gasteiger partial charge in [0.05, 0.1) is 17.6 Å². The second kappa shape index (κ2) is 4.92. The molecule has 0 unspecified atom stereocenters. The van der Waals surface area contributed by atoms with Gasteiger partial charge in [0.25, 0.3) is 0 Å². The van der Waals surface area contributed by atoms with E-state index in [0.717, 1.165) is 0 Å². The van der Waals surface area contributed by atoms with Crippen LogP contribution < -0.4 is 15.5 Å². The topological polar surface area (TPSA) is 74.3 Å². The third kappa shape index (κ3) is 2.42. The molecule has 0 aliphatic carbocycles. The van der Waals surface area contributed by atoms with Crippen LogP contribution in [-0.2, 0) is 9.59 Å². The van der Waals surface area contributed by atoms with E-state index in [1.54, 1.807) is 25.5 Å². The van der Waals surface area contributed by atoms with Crippen LogP contribution in [0.25, 0.3) is 0 Å². The molecule has 1 aromatic heterocycles. The predicted octanol–water partition coefficient (Wildman–Crippen LogP) is -0.0238. The predicted molar refractivity (Wildman–Crippen MR) is 63.8 cm³/mol. The number of nitrogens with zero attached hydrogens (tertiary/aromatic N) is 2. The zero-order chi connectivity index (χ0) is 12.3. The van der Waals surface area contributed by atoms with E-state index < -0.39 is 0 Å². The van der Waals surface area contributed by atoms with Gasteiger partial charge in [-0.15, -0.1) is 0 Å². The zero-order valence-electron chi connectivity index (χ0n) is 9.56. The van der Waals surface area contributed by atoms with Crippen LogP contribution >= 0.6 is 0 Å². The van der Waals surface area contributed by atoms with Gasteiger partial charge in [0, 0.05) is 19.2 Å². The number of hydrogen-bond donors (Lipinski definition) is 2. The first kappa shape index (κ1) is 11.5. The summed E-state index contributed by atoms with van der Waals surface area (Å²) in [6.45, 7) is 0.664. The normalized spacial score (nSPS) is 14.2. The Balaban J connectivity index is 2.23. The molecule has 2 heterocycles. The van der Waals surface area contributed by atoms with Gasteiger partial charge >= 0.3 is 0 Å². The van der Waals surface area contributed by atoms with E-state index in [-0.39, 0.29) is 18.4 Å². The summed E-state index contributed by atoms with van der Waals surface area (Å²) in [6.07, 6.45) is 3.52. The van der Waals surface area contributed by atoms with Gasteiger partial charge in [-0.3, -0.25) is 14.6 Å². The Morgan fingerprint density at radius 1 is 1.65 bits per heavy atom. The molecule has 0 saturated heterocycles. The Hall–Kier alpha value is -1.95. The third-order valence-electron chi connectivity index (χ3n) is 2.55. The van der Waals surface area contributed by atoms with Gasteiger partial charge in [0.2, 0.25) is 11.8 Å². The van der Waals surface area contributed by atoms with Crippen LogP contribution in [0.15, 0.2) is 18.5 Å². The molecule has 0 radical (unpaired) electrons. The minimum Gasteiger partial charge on any atom is -0.321 e. The van der Waals surface area contributed by atoms with Crippen molar-refractivity contribution in [2.45, 2.75) is 6.42 Å². The standard InChI is InChI=1S/C11H14N4O2/c1-12-4-3-11(17)15-7-10(16)14-8-6-13-5-2-9(8)15/h2,5-6,12H,3-4,7H2,1H3,(H,14,16). The van der Waals surface area contributed by atoms with Crippen molar-refractivity contribution in [1.29, 1.82) is 0 Å². The van der Waals surface area contributed by atoms with Crippen LogP contribution in [0, 0.1) is 0 Å².